The molecule has 6 heteroatoms. The molecule has 1 saturated carbocycles. The van der Waals surface area contributed by atoms with E-state index in [1.807, 2.05) is 0 Å². The van der Waals surface area contributed by atoms with Crippen LogP contribution in [0.15, 0.2) is 6.07 Å². The van der Waals surface area contributed by atoms with E-state index < -0.39 is 0 Å². The molecule has 0 bridgehead atoms. The minimum absolute atomic E-state index is 0.175. The van der Waals surface area contributed by atoms with Gasteiger partial charge >= 0.3 is 0 Å². The summed E-state index contributed by atoms with van der Waals surface area (Å²) in [7, 11) is 0. The predicted molar refractivity (Wildman–Crippen MR) is 72.1 cm³/mol. The van der Waals surface area contributed by atoms with Crippen LogP contribution in [0.3, 0.4) is 0 Å². The SMILES string of the molecule is NCC1(NC(=O)c2cc(Cl)sc2Cl)CCCC1. The topological polar surface area (TPSA) is 55.1 Å². The average Bonchev–Trinajstić information content (AvgIpc) is 2.86. The van der Waals surface area contributed by atoms with Crippen molar-refractivity contribution in [2.75, 3.05) is 6.54 Å². The van der Waals surface area contributed by atoms with Crippen LogP contribution in [0.1, 0.15) is 36.0 Å². The zero-order chi connectivity index (χ0) is 12.5. The number of thiophene rings is 1. The van der Waals surface area contributed by atoms with E-state index in [1.54, 1.807) is 6.07 Å². The van der Waals surface area contributed by atoms with Crippen molar-refractivity contribution in [3.63, 3.8) is 0 Å². The highest BCUT2D eigenvalue weighted by molar-refractivity contribution is 7.20. The Hall–Kier alpha value is -0.290. The smallest absolute Gasteiger partial charge is 0.254 e. The Morgan fingerprint density at radius 2 is 2.12 bits per heavy atom. The van der Waals surface area contributed by atoms with E-state index in [-0.39, 0.29) is 11.4 Å². The van der Waals surface area contributed by atoms with Crippen molar-refractivity contribution >= 4 is 40.4 Å². The summed E-state index contributed by atoms with van der Waals surface area (Å²) in [6.45, 7) is 0.466. The lowest BCUT2D eigenvalue weighted by Gasteiger charge is -2.28. The molecule has 0 unspecified atom stereocenters. The van der Waals surface area contributed by atoms with Gasteiger partial charge in [0.2, 0.25) is 0 Å². The minimum Gasteiger partial charge on any atom is -0.345 e. The molecule has 2 rings (SSSR count). The van der Waals surface area contributed by atoms with Crippen LogP contribution >= 0.6 is 34.5 Å². The van der Waals surface area contributed by atoms with Crippen LogP contribution in [0.5, 0.6) is 0 Å². The van der Waals surface area contributed by atoms with Gasteiger partial charge in [0.15, 0.2) is 0 Å². The molecule has 0 aliphatic heterocycles. The lowest BCUT2D eigenvalue weighted by molar-refractivity contribution is 0.0904. The Bertz CT molecular complexity index is 427. The van der Waals surface area contributed by atoms with Crippen molar-refractivity contribution in [2.24, 2.45) is 5.73 Å². The molecule has 0 aromatic carbocycles. The lowest BCUT2D eigenvalue weighted by Crippen LogP contribution is -2.51. The van der Waals surface area contributed by atoms with E-state index in [9.17, 15) is 4.79 Å². The summed E-state index contributed by atoms with van der Waals surface area (Å²) in [5.41, 5.74) is 5.96. The molecule has 94 valence electrons. The van der Waals surface area contributed by atoms with Crippen LogP contribution in [0.4, 0.5) is 0 Å². The Morgan fingerprint density at radius 1 is 1.47 bits per heavy atom. The molecule has 3 N–H and O–H groups in total. The van der Waals surface area contributed by atoms with E-state index in [0.717, 1.165) is 25.7 Å². The third-order valence-corrected chi connectivity index (χ3v) is 4.72. The highest BCUT2D eigenvalue weighted by atomic mass is 35.5. The van der Waals surface area contributed by atoms with Crippen LogP contribution in [-0.2, 0) is 0 Å². The number of amides is 1. The fourth-order valence-electron chi connectivity index (χ4n) is 2.24. The molecule has 1 aromatic heterocycles. The van der Waals surface area contributed by atoms with E-state index in [1.165, 1.54) is 11.3 Å². The molecule has 1 amide bonds. The Kier molecular flexibility index (Phi) is 3.98. The number of carbonyl (C=O) groups excluding carboxylic acids is 1. The van der Waals surface area contributed by atoms with Crippen LogP contribution in [0.25, 0.3) is 0 Å². The van der Waals surface area contributed by atoms with Crippen LogP contribution in [-0.4, -0.2) is 18.0 Å². The van der Waals surface area contributed by atoms with Gasteiger partial charge in [0.05, 0.1) is 15.4 Å². The van der Waals surface area contributed by atoms with Crippen molar-refractivity contribution in [1.29, 1.82) is 0 Å². The van der Waals surface area contributed by atoms with E-state index in [4.69, 9.17) is 28.9 Å². The Morgan fingerprint density at radius 3 is 2.59 bits per heavy atom. The van der Waals surface area contributed by atoms with Gasteiger partial charge in [-0.3, -0.25) is 4.79 Å². The molecule has 1 heterocycles. The molecule has 17 heavy (non-hydrogen) atoms. The summed E-state index contributed by atoms with van der Waals surface area (Å²) in [5.74, 6) is -0.175. The zero-order valence-electron chi connectivity index (χ0n) is 9.26. The van der Waals surface area contributed by atoms with Crippen molar-refractivity contribution in [3.05, 3.63) is 20.3 Å². The second-order valence-corrected chi connectivity index (χ2v) is 6.67. The first-order valence-corrected chi connectivity index (χ1v) is 7.11. The molecule has 0 radical (unpaired) electrons. The quantitative estimate of drug-likeness (QED) is 0.900. The van der Waals surface area contributed by atoms with Gasteiger partial charge in [0.25, 0.3) is 5.91 Å². The number of carbonyl (C=O) groups is 1. The van der Waals surface area contributed by atoms with Gasteiger partial charge in [-0.25, -0.2) is 0 Å². The fourth-order valence-corrected chi connectivity index (χ4v) is 3.69. The van der Waals surface area contributed by atoms with Crippen LogP contribution in [0.2, 0.25) is 8.67 Å². The second kappa shape index (κ2) is 5.14. The molecule has 1 aliphatic carbocycles. The van der Waals surface area contributed by atoms with E-state index in [2.05, 4.69) is 5.32 Å². The van der Waals surface area contributed by atoms with Crippen molar-refractivity contribution in [1.82, 2.24) is 5.32 Å². The molecule has 0 saturated heterocycles. The first-order valence-electron chi connectivity index (χ1n) is 5.54. The lowest BCUT2D eigenvalue weighted by atomic mass is 9.97. The second-order valence-electron chi connectivity index (χ2n) is 4.38. The fraction of sp³-hybridized carbons (Fsp3) is 0.545. The molecule has 0 spiro atoms. The monoisotopic (exact) mass is 292 g/mol. The van der Waals surface area contributed by atoms with E-state index in [0.29, 0.717) is 20.8 Å². The number of hydrogen-bond acceptors (Lipinski definition) is 3. The third-order valence-electron chi connectivity index (χ3n) is 3.23. The summed E-state index contributed by atoms with van der Waals surface area (Å²) in [5, 5.41) is 3.01. The number of nitrogens with two attached hydrogens (primary N) is 1. The molecule has 1 fully saturated rings. The van der Waals surface area contributed by atoms with Crippen molar-refractivity contribution < 1.29 is 4.79 Å². The van der Waals surface area contributed by atoms with Crippen molar-refractivity contribution in [3.8, 4) is 0 Å². The first-order chi connectivity index (χ1) is 8.06. The highest BCUT2D eigenvalue weighted by Crippen LogP contribution is 2.33. The van der Waals surface area contributed by atoms with Crippen LogP contribution < -0.4 is 11.1 Å². The molecular formula is C11H14Cl2N2OS. The summed E-state index contributed by atoms with van der Waals surface area (Å²) in [6, 6.07) is 1.60. The minimum atomic E-state index is -0.255. The average molecular weight is 293 g/mol. The summed E-state index contributed by atoms with van der Waals surface area (Å²) in [6.07, 6.45) is 4.08. The molecular weight excluding hydrogens is 279 g/mol. The Labute approximate surface area is 114 Å². The summed E-state index contributed by atoms with van der Waals surface area (Å²) in [4.78, 5) is 12.1. The van der Waals surface area contributed by atoms with Gasteiger partial charge in [0, 0.05) is 6.54 Å². The molecule has 1 aliphatic rings. The van der Waals surface area contributed by atoms with Gasteiger partial charge in [-0.15, -0.1) is 11.3 Å². The number of rotatable bonds is 3. The summed E-state index contributed by atoms with van der Waals surface area (Å²) >= 11 is 13.0. The normalized spacial score (nSPS) is 18.3. The highest BCUT2D eigenvalue weighted by Gasteiger charge is 2.34. The number of halogens is 2. The molecule has 0 atom stereocenters. The van der Waals surface area contributed by atoms with Gasteiger partial charge in [-0.05, 0) is 18.9 Å². The van der Waals surface area contributed by atoms with Crippen LogP contribution in [0, 0.1) is 0 Å². The zero-order valence-corrected chi connectivity index (χ0v) is 11.6. The summed E-state index contributed by atoms with van der Waals surface area (Å²) < 4.78 is 0.950. The maximum absolute atomic E-state index is 12.1. The predicted octanol–water partition coefficient (Wildman–Crippen LogP) is 3.06. The standard InChI is InChI=1S/C11H14Cl2N2OS/c12-8-5-7(9(13)17-8)10(16)15-11(6-14)3-1-2-4-11/h5H,1-4,6,14H2,(H,15,16). The van der Waals surface area contributed by atoms with Gasteiger partial charge < -0.3 is 11.1 Å². The first kappa shape index (κ1) is 13.1. The largest absolute Gasteiger partial charge is 0.345 e. The number of hydrogen-bond donors (Lipinski definition) is 2. The maximum Gasteiger partial charge on any atom is 0.254 e. The molecule has 1 aromatic rings. The Balaban J connectivity index is 2.13. The van der Waals surface area contributed by atoms with Crippen molar-refractivity contribution in [2.45, 2.75) is 31.2 Å². The number of nitrogens with one attached hydrogen (secondary N) is 1. The maximum atomic E-state index is 12.1. The van der Waals surface area contributed by atoms with Gasteiger partial charge in [-0.2, -0.15) is 0 Å². The third kappa shape index (κ3) is 2.76. The van der Waals surface area contributed by atoms with E-state index >= 15 is 0 Å². The molecule has 3 nitrogen and oxygen atoms in total. The van der Waals surface area contributed by atoms with Gasteiger partial charge in [-0.1, -0.05) is 36.0 Å². The van der Waals surface area contributed by atoms with Gasteiger partial charge in [0.1, 0.15) is 4.34 Å².